The Kier molecular flexibility index (Phi) is 7.41. The van der Waals surface area contributed by atoms with Gasteiger partial charge in [-0.1, -0.05) is 33.1 Å². The lowest BCUT2D eigenvalue weighted by molar-refractivity contribution is -0.138. The number of nitrogens with one attached hydrogen (secondary N) is 2. The summed E-state index contributed by atoms with van der Waals surface area (Å²) in [5, 5.41) is 14.7. The predicted molar refractivity (Wildman–Crippen MR) is 78.6 cm³/mol. The quantitative estimate of drug-likeness (QED) is 0.672. The largest absolute Gasteiger partial charge is 0.481 e. The molecule has 5 nitrogen and oxygen atoms in total. The van der Waals surface area contributed by atoms with Crippen LogP contribution in [0, 0.1) is 11.8 Å². The van der Waals surface area contributed by atoms with Crippen LogP contribution in [-0.2, 0) is 4.79 Å². The van der Waals surface area contributed by atoms with Gasteiger partial charge < -0.3 is 15.7 Å². The molecular weight excluding hydrogens is 256 g/mol. The molecule has 0 saturated heterocycles. The number of carboxylic acids is 1. The van der Waals surface area contributed by atoms with Gasteiger partial charge in [0.15, 0.2) is 0 Å². The first-order valence-corrected chi connectivity index (χ1v) is 7.73. The van der Waals surface area contributed by atoms with E-state index in [1.165, 1.54) is 19.3 Å². The molecule has 3 N–H and O–H groups in total. The molecule has 0 heterocycles. The Morgan fingerprint density at radius 2 is 1.85 bits per heavy atom. The molecule has 0 radical (unpaired) electrons. The zero-order valence-electron chi connectivity index (χ0n) is 12.7. The van der Waals surface area contributed by atoms with E-state index in [1.54, 1.807) is 0 Å². The van der Waals surface area contributed by atoms with E-state index in [1.807, 2.05) is 0 Å². The zero-order valence-corrected chi connectivity index (χ0v) is 12.7. The van der Waals surface area contributed by atoms with Crippen molar-refractivity contribution in [2.24, 2.45) is 11.8 Å². The Morgan fingerprint density at radius 1 is 1.20 bits per heavy atom. The number of hydrogen-bond donors (Lipinski definition) is 3. The molecule has 1 aliphatic carbocycles. The summed E-state index contributed by atoms with van der Waals surface area (Å²) in [6, 6.07) is 0.128. The maximum absolute atomic E-state index is 11.8. The smallest absolute Gasteiger partial charge is 0.315 e. The van der Waals surface area contributed by atoms with Crippen LogP contribution in [0.15, 0.2) is 0 Å². The first kappa shape index (κ1) is 16.8. The van der Waals surface area contributed by atoms with Crippen molar-refractivity contribution >= 4 is 12.0 Å². The topological polar surface area (TPSA) is 78.4 Å². The summed E-state index contributed by atoms with van der Waals surface area (Å²) in [7, 11) is 0. The molecule has 0 aliphatic heterocycles. The number of rotatable bonds is 7. The van der Waals surface area contributed by atoms with Gasteiger partial charge in [0.25, 0.3) is 0 Å². The van der Waals surface area contributed by atoms with Crippen LogP contribution in [0.1, 0.15) is 58.8 Å². The highest BCUT2D eigenvalue weighted by Gasteiger charge is 2.18. The minimum atomic E-state index is -0.801. The molecule has 0 spiro atoms. The van der Waals surface area contributed by atoms with Crippen molar-refractivity contribution in [2.75, 3.05) is 6.54 Å². The Hall–Kier alpha value is -1.26. The van der Waals surface area contributed by atoms with E-state index >= 15 is 0 Å². The second-order valence-electron chi connectivity index (χ2n) is 6.28. The maximum Gasteiger partial charge on any atom is 0.315 e. The lowest BCUT2D eigenvalue weighted by Gasteiger charge is -2.24. The van der Waals surface area contributed by atoms with Gasteiger partial charge in [0, 0.05) is 19.0 Å². The third-order valence-corrected chi connectivity index (χ3v) is 3.76. The van der Waals surface area contributed by atoms with Crippen molar-refractivity contribution in [3.8, 4) is 0 Å². The van der Waals surface area contributed by atoms with E-state index in [0.29, 0.717) is 12.5 Å². The molecule has 1 unspecified atom stereocenters. The number of hydrogen-bond acceptors (Lipinski definition) is 2. The minimum absolute atomic E-state index is 0.00426. The number of urea groups is 1. The molecular formula is C15H28N2O3. The van der Waals surface area contributed by atoms with Crippen LogP contribution in [0.5, 0.6) is 0 Å². The summed E-state index contributed by atoms with van der Waals surface area (Å²) in [4.78, 5) is 22.6. The lowest BCUT2D eigenvalue weighted by Crippen LogP contribution is -2.44. The van der Waals surface area contributed by atoms with Crippen LogP contribution < -0.4 is 10.6 Å². The Bertz CT molecular complexity index is 312. The molecule has 0 aromatic rings. The maximum atomic E-state index is 11.8. The van der Waals surface area contributed by atoms with Crippen molar-refractivity contribution in [1.82, 2.24) is 10.6 Å². The lowest BCUT2D eigenvalue weighted by atomic mass is 9.94. The molecule has 5 heteroatoms. The summed E-state index contributed by atoms with van der Waals surface area (Å²) >= 11 is 0. The highest BCUT2D eigenvalue weighted by molar-refractivity contribution is 5.74. The highest BCUT2D eigenvalue weighted by atomic mass is 16.4. The summed E-state index contributed by atoms with van der Waals surface area (Å²) in [5.74, 6) is -0.364. The molecule has 2 amide bonds. The third kappa shape index (κ3) is 7.36. The van der Waals surface area contributed by atoms with E-state index in [0.717, 1.165) is 19.3 Å². The number of carbonyl (C=O) groups excluding carboxylic acids is 1. The van der Waals surface area contributed by atoms with Gasteiger partial charge in [-0.25, -0.2) is 4.79 Å². The van der Waals surface area contributed by atoms with E-state index in [-0.39, 0.29) is 24.4 Å². The van der Waals surface area contributed by atoms with Gasteiger partial charge in [-0.3, -0.25) is 4.79 Å². The number of amides is 2. The summed E-state index contributed by atoms with van der Waals surface area (Å²) in [6.07, 6.45) is 6.66. The van der Waals surface area contributed by atoms with Gasteiger partial charge in [-0.15, -0.1) is 0 Å². The summed E-state index contributed by atoms with van der Waals surface area (Å²) < 4.78 is 0. The molecule has 1 saturated carbocycles. The molecule has 1 aliphatic rings. The second kappa shape index (κ2) is 8.82. The fourth-order valence-electron chi connectivity index (χ4n) is 2.87. The molecule has 1 rings (SSSR count). The van der Waals surface area contributed by atoms with Crippen molar-refractivity contribution in [3.63, 3.8) is 0 Å². The Balaban J connectivity index is 2.29. The Morgan fingerprint density at radius 3 is 2.40 bits per heavy atom. The number of aliphatic carboxylic acids is 1. The molecule has 0 aromatic heterocycles. The van der Waals surface area contributed by atoms with Crippen LogP contribution in [0.2, 0.25) is 0 Å². The van der Waals surface area contributed by atoms with Gasteiger partial charge in [0.05, 0.1) is 0 Å². The molecule has 1 fully saturated rings. The fourth-order valence-corrected chi connectivity index (χ4v) is 2.87. The highest BCUT2D eigenvalue weighted by Crippen LogP contribution is 2.17. The first-order chi connectivity index (χ1) is 9.47. The van der Waals surface area contributed by atoms with Crippen LogP contribution in [0.3, 0.4) is 0 Å². The molecule has 1 atom stereocenters. The van der Waals surface area contributed by atoms with Crippen LogP contribution >= 0.6 is 0 Å². The number of carbonyl (C=O) groups is 2. The molecule has 0 bridgehead atoms. The zero-order chi connectivity index (χ0) is 15.0. The van der Waals surface area contributed by atoms with E-state index in [2.05, 4.69) is 24.5 Å². The number of carboxylic acid groups (broad SMARTS) is 1. The van der Waals surface area contributed by atoms with E-state index in [9.17, 15) is 9.59 Å². The van der Waals surface area contributed by atoms with Crippen LogP contribution in [0.25, 0.3) is 0 Å². The second-order valence-corrected chi connectivity index (χ2v) is 6.28. The first-order valence-electron chi connectivity index (χ1n) is 7.73. The van der Waals surface area contributed by atoms with Crippen molar-refractivity contribution < 1.29 is 14.7 Å². The van der Waals surface area contributed by atoms with Crippen molar-refractivity contribution in [2.45, 2.75) is 64.8 Å². The van der Waals surface area contributed by atoms with Crippen LogP contribution in [0.4, 0.5) is 4.79 Å². The van der Waals surface area contributed by atoms with Gasteiger partial charge in [-0.2, -0.15) is 0 Å². The van der Waals surface area contributed by atoms with Gasteiger partial charge in [-0.05, 0) is 31.1 Å². The normalized spacial score (nSPS) is 17.8. The SMILES string of the molecule is CC(C)CC(CNC(=O)NC1CCCCC1)CC(=O)O. The minimum Gasteiger partial charge on any atom is -0.481 e. The monoisotopic (exact) mass is 284 g/mol. The predicted octanol–water partition coefficient (Wildman–Crippen LogP) is 2.76. The van der Waals surface area contributed by atoms with E-state index < -0.39 is 5.97 Å². The average Bonchev–Trinajstić information content (AvgIpc) is 2.36. The van der Waals surface area contributed by atoms with E-state index in [4.69, 9.17) is 5.11 Å². The summed E-state index contributed by atoms with van der Waals surface area (Å²) in [5.41, 5.74) is 0. The standard InChI is InChI=1S/C15H28N2O3/c1-11(2)8-12(9-14(18)19)10-16-15(20)17-13-6-4-3-5-7-13/h11-13H,3-10H2,1-2H3,(H,18,19)(H2,16,17,20). The Labute approximate surface area is 121 Å². The third-order valence-electron chi connectivity index (χ3n) is 3.76. The molecule has 20 heavy (non-hydrogen) atoms. The van der Waals surface area contributed by atoms with Crippen molar-refractivity contribution in [1.29, 1.82) is 0 Å². The summed E-state index contributed by atoms with van der Waals surface area (Å²) in [6.45, 7) is 4.57. The van der Waals surface area contributed by atoms with Gasteiger partial charge >= 0.3 is 12.0 Å². The average molecular weight is 284 g/mol. The van der Waals surface area contributed by atoms with Crippen molar-refractivity contribution in [3.05, 3.63) is 0 Å². The fraction of sp³-hybridized carbons (Fsp3) is 0.867. The molecule has 116 valence electrons. The van der Waals surface area contributed by atoms with Gasteiger partial charge in [0.1, 0.15) is 0 Å². The molecule has 0 aromatic carbocycles. The van der Waals surface area contributed by atoms with Gasteiger partial charge in [0.2, 0.25) is 0 Å². The van der Waals surface area contributed by atoms with Crippen LogP contribution in [-0.4, -0.2) is 29.7 Å².